The van der Waals surface area contributed by atoms with Crippen molar-refractivity contribution in [3.8, 4) is 5.75 Å². The van der Waals surface area contributed by atoms with E-state index >= 15 is 0 Å². The van der Waals surface area contributed by atoms with Gasteiger partial charge in [0.15, 0.2) is 0 Å². The molecule has 1 heterocycles. The van der Waals surface area contributed by atoms with E-state index in [1.165, 1.54) is 6.07 Å². The summed E-state index contributed by atoms with van der Waals surface area (Å²) < 4.78 is 10.3. The number of nitrogens with one attached hydrogen (secondary N) is 1. The summed E-state index contributed by atoms with van der Waals surface area (Å²) in [5, 5.41) is 9.61. The van der Waals surface area contributed by atoms with Gasteiger partial charge in [-0.15, -0.1) is 0 Å². The van der Waals surface area contributed by atoms with E-state index in [1.807, 2.05) is 0 Å². The van der Waals surface area contributed by atoms with E-state index in [4.69, 9.17) is 20.3 Å². The molecule has 0 radical (unpaired) electrons. The van der Waals surface area contributed by atoms with Gasteiger partial charge in [0.05, 0.1) is 17.8 Å². The van der Waals surface area contributed by atoms with E-state index < -0.39 is 5.97 Å². The Balaban J connectivity index is 2.32. The van der Waals surface area contributed by atoms with Crippen LogP contribution in [0.5, 0.6) is 5.75 Å². The van der Waals surface area contributed by atoms with Crippen LogP contribution in [0.4, 0.5) is 5.69 Å². The van der Waals surface area contributed by atoms with Crippen LogP contribution in [0, 0.1) is 0 Å². The van der Waals surface area contributed by atoms with Crippen molar-refractivity contribution in [1.82, 2.24) is 4.98 Å². The topological polar surface area (TPSA) is 97.6 Å². The summed E-state index contributed by atoms with van der Waals surface area (Å²) in [6.07, 6.45) is 0. The SMILES string of the molecule is COCCOc1cc(N)c2[nH]c(C(=O)O)cc2c1. The molecule has 0 saturated heterocycles. The quantitative estimate of drug-likeness (QED) is 0.551. The number of carboxylic acids is 1. The number of fused-ring (bicyclic) bond motifs is 1. The standard InChI is InChI=1S/C12H14N2O4/c1-17-2-3-18-8-4-7-5-10(12(15)16)14-11(7)9(13)6-8/h4-6,14H,2-3,13H2,1H3,(H,15,16). The van der Waals surface area contributed by atoms with Crippen molar-refractivity contribution in [3.63, 3.8) is 0 Å². The second-order valence-electron chi connectivity index (χ2n) is 3.81. The molecule has 4 N–H and O–H groups in total. The van der Waals surface area contributed by atoms with Gasteiger partial charge in [-0.25, -0.2) is 4.79 Å². The molecule has 96 valence electrons. The summed E-state index contributed by atoms with van der Waals surface area (Å²) >= 11 is 0. The number of methoxy groups -OCH3 is 1. The van der Waals surface area contributed by atoms with Crippen molar-refractivity contribution in [2.75, 3.05) is 26.1 Å². The van der Waals surface area contributed by atoms with Crippen LogP contribution in [0.1, 0.15) is 10.5 Å². The van der Waals surface area contributed by atoms with Crippen molar-refractivity contribution in [2.45, 2.75) is 0 Å². The molecule has 2 rings (SSSR count). The summed E-state index contributed by atoms with van der Waals surface area (Å²) in [5.74, 6) is -0.430. The Morgan fingerprint density at radius 1 is 1.39 bits per heavy atom. The van der Waals surface area contributed by atoms with Gasteiger partial charge < -0.3 is 25.3 Å². The Morgan fingerprint density at radius 2 is 2.17 bits per heavy atom. The lowest BCUT2D eigenvalue weighted by molar-refractivity contribution is 0.0691. The molecule has 1 aromatic carbocycles. The van der Waals surface area contributed by atoms with E-state index in [2.05, 4.69) is 4.98 Å². The summed E-state index contributed by atoms with van der Waals surface area (Å²) in [7, 11) is 1.59. The van der Waals surface area contributed by atoms with E-state index in [9.17, 15) is 4.79 Å². The second-order valence-corrected chi connectivity index (χ2v) is 3.81. The molecule has 6 nitrogen and oxygen atoms in total. The molecule has 1 aromatic heterocycles. The average molecular weight is 250 g/mol. The predicted molar refractivity (Wildman–Crippen MR) is 67.0 cm³/mol. The highest BCUT2D eigenvalue weighted by Crippen LogP contribution is 2.27. The lowest BCUT2D eigenvalue weighted by atomic mass is 10.2. The molecule has 0 bridgehead atoms. The lowest BCUT2D eigenvalue weighted by Gasteiger charge is -2.06. The number of nitrogens with two attached hydrogens (primary N) is 1. The van der Waals surface area contributed by atoms with Crippen LogP contribution in [0.2, 0.25) is 0 Å². The van der Waals surface area contributed by atoms with Crippen LogP contribution in [0.3, 0.4) is 0 Å². The molecule has 18 heavy (non-hydrogen) atoms. The summed E-state index contributed by atoms with van der Waals surface area (Å²) in [6.45, 7) is 0.892. The number of carboxylic acid groups (broad SMARTS) is 1. The number of aromatic nitrogens is 1. The largest absolute Gasteiger partial charge is 0.491 e. The lowest BCUT2D eigenvalue weighted by Crippen LogP contribution is -2.04. The zero-order valence-electron chi connectivity index (χ0n) is 9.90. The summed E-state index contributed by atoms with van der Waals surface area (Å²) in [5.41, 5.74) is 7.00. The highest BCUT2D eigenvalue weighted by Gasteiger charge is 2.10. The van der Waals surface area contributed by atoms with Crippen LogP contribution in [0.15, 0.2) is 18.2 Å². The van der Waals surface area contributed by atoms with Gasteiger partial charge in [-0.2, -0.15) is 0 Å². The molecule has 0 aliphatic carbocycles. The highest BCUT2D eigenvalue weighted by atomic mass is 16.5. The van der Waals surface area contributed by atoms with Crippen LogP contribution in [-0.2, 0) is 4.74 Å². The minimum absolute atomic E-state index is 0.103. The van der Waals surface area contributed by atoms with Crippen molar-refractivity contribution in [1.29, 1.82) is 0 Å². The van der Waals surface area contributed by atoms with Gasteiger partial charge in [0.1, 0.15) is 18.1 Å². The number of rotatable bonds is 5. The molecule has 0 spiro atoms. The van der Waals surface area contributed by atoms with E-state index in [-0.39, 0.29) is 5.69 Å². The molecule has 0 atom stereocenters. The monoisotopic (exact) mass is 250 g/mol. The highest BCUT2D eigenvalue weighted by molar-refractivity contribution is 5.98. The van der Waals surface area contributed by atoms with Crippen LogP contribution in [0.25, 0.3) is 10.9 Å². The number of aromatic carboxylic acids is 1. The van der Waals surface area contributed by atoms with Gasteiger partial charge in [-0.3, -0.25) is 0 Å². The fourth-order valence-electron chi connectivity index (χ4n) is 1.69. The number of anilines is 1. The first-order valence-corrected chi connectivity index (χ1v) is 5.39. The van der Waals surface area contributed by atoms with Gasteiger partial charge in [-0.05, 0) is 12.1 Å². The maximum absolute atomic E-state index is 10.9. The third-order valence-corrected chi connectivity index (χ3v) is 2.52. The molecule has 0 aliphatic heterocycles. The number of hydrogen-bond acceptors (Lipinski definition) is 4. The molecule has 6 heteroatoms. The maximum Gasteiger partial charge on any atom is 0.352 e. The smallest absolute Gasteiger partial charge is 0.352 e. The molecular weight excluding hydrogens is 236 g/mol. The average Bonchev–Trinajstić information content (AvgIpc) is 2.74. The van der Waals surface area contributed by atoms with Gasteiger partial charge in [-0.1, -0.05) is 0 Å². The van der Waals surface area contributed by atoms with Crippen LogP contribution in [-0.4, -0.2) is 36.4 Å². The number of H-pyrrole nitrogens is 1. The number of hydrogen-bond donors (Lipinski definition) is 3. The van der Waals surface area contributed by atoms with Gasteiger partial charge in [0.2, 0.25) is 0 Å². The van der Waals surface area contributed by atoms with E-state index in [0.717, 1.165) is 0 Å². The Morgan fingerprint density at radius 3 is 2.83 bits per heavy atom. The van der Waals surface area contributed by atoms with E-state index in [1.54, 1.807) is 19.2 Å². The first-order valence-electron chi connectivity index (χ1n) is 5.39. The third kappa shape index (κ3) is 2.38. The first-order chi connectivity index (χ1) is 8.61. The van der Waals surface area contributed by atoms with Gasteiger partial charge in [0, 0.05) is 18.6 Å². The summed E-state index contributed by atoms with van der Waals surface area (Å²) in [6, 6.07) is 4.92. The number of ether oxygens (including phenoxy) is 2. The van der Waals surface area contributed by atoms with Gasteiger partial charge in [0.25, 0.3) is 0 Å². The normalized spacial score (nSPS) is 10.7. The fourth-order valence-corrected chi connectivity index (χ4v) is 1.69. The molecule has 0 aliphatic rings. The Hall–Kier alpha value is -2.21. The Labute approximate surface area is 103 Å². The number of nitrogen functional groups attached to an aromatic ring is 1. The first kappa shape index (κ1) is 12.3. The maximum atomic E-state index is 10.9. The van der Waals surface area contributed by atoms with Crippen LogP contribution >= 0.6 is 0 Å². The van der Waals surface area contributed by atoms with Crippen molar-refractivity contribution in [2.24, 2.45) is 0 Å². The molecular formula is C12H14N2O4. The summed E-state index contributed by atoms with van der Waals surface area (Å²) in [4.78, 5) is 13.6. The van der Waals surface area contributed by atoms with Crippen molar-refractivity contribution in [3.05, 3.63) is 23.9 Å². The molecule has 0 unspecified atom stereocenters. The number of aromatic amines is 1. The molecule has 2 aromatic rings. The minimum atomic E-state index is -1.02. The zero-order chi connectivity index (χ0) is 13.1. The third-order valence-electron chi connectivity index (χ3n) is 2.52. The molecule has 0 amide bonds. The Bertz CT molecular complexity index is 577. The van der Waals surface area contributed by atoms with Crippen molar-refractivity contribution < 1.29 is 19.4 Å². The minimum Gasteiger partial charge on any atom is -0.491 e. The molecule has 0 saturated carbocycles. The van der Waals surface area contributed by atoms with Gasteiger partial charge >= 0.3 is 5.97 Å². The number of benzene rings is 1. The fraction of sp³-hybridized carbons (Fsp3) is 0.250. The number of carbonyl (C=O) groups is 1. The second kappa shape index (κ2) is 4.97. The van der Waals surface area contributed by atoms with E-state index in [0.29, 0.717) is 35.6 Å². The zero-order valence-corrected chi connectivity index (χ0v) is 9.90. The van der Waals surface area contributed by atoms with Crippen molar-refractivity contribution >= 4 is 22.6 Å². The predicted octanol–water partition coefficient (Wildman–Crippen LogP) is 1.47. The molecule has 0 fully saturated rings. The van der Waals surface area contributed by atoms with Crippen LogP contribution < -0.4 is 10.5 Å². The Kier molecular flexibility index (Phi) is 3.38.